The lowest BCUT2D eigenvalue weighted by Crippen LogP contribution is -2.17. The summed E-state index contributed by atoms with van der Waals surface area (Å²) in [5.74, 6) is -0.425. The second-order valence-corrected chi connectivity index (χ2v) is 4.71. The quantitative estimate of drug-likeness (QED) is 0.764. The van der Waals surface area contributed by atoms with Crippen LogP contribution in [0.25, 0.3) is 0 Å². The first-order valence-electron chi connectivity index (χ1n) is 4.46. The van der Waals surface area contributed by atoms with Crippen molar-refractivity contribution in [3.63, 3.8) is 0 Å². The van der Waals surface area contributed by atoms with Crippen molar-refractivity contribution in [1.82, 2.24) is 0 Å². The van der Waals surface area contributed by atoms with Crippen molar-refractivity contribution in [3.05, 3.63) is 34.1 Å². The number of hydrogen-bond donors (Lipinski definition) is 1. The van der Waals surface area contributed by atoms with Crippen molar-refractivity contribution in [2.75, 3.05) is 0 Å². The van der Waals surface area contributed by atoms with Crippen molar-refractivity contribution in [3.8, 4) is 0 Å². The number of aliphatic hydroxyl groups excluding tert-OH is 1. The molecule has 0 fully saturated rings. The summed E-state index contributed by atoms with van der Waals surface area (Å²) in [6.07, 6.45) is 0. The van der Waals surface area contributed by atoms with E-state index in [0.29, 0.717) is 11.1 Å². The van der Waals surface area contributed by atoms with Gasteiger partial charge in [0.25, 0.3) is 0 Å². The summed E-state index contributed by atoms with van der Waals surface area (Å²) in [5.41, 5.74) is 0.736. The van der Waals surface area contributed by atoms with Gasteiger partial charge in [-0.1, -0.05) is 38.4 Å². The maximum Gasteiger partial charge on any atom is 0.145 e. The molecule has 0 amide bonds. The van der Waals surface area contributed by atoms with Crippen molar-refractivity contribution in [2.45, 2.75) is 32.8 Å². The molecule has 0 unspecified atom stereocenters. The minimum atomic E-state index is -0.425. The number of hydrogen-bond acceptors (Lipinski definition) is 1. The van der Waals surface area contributed by atoms with Crippen molar-refractivity contribution < 1.29 is 9.50 Å². The average molecular weight is 217 g/mol. The van der Waals surface area contributed by atoms with Crippen LogP contribution in [-0.2, 0) is 12.0 Å². The zero-order valence-corrected chi connectivity index (χ0v) is 9.32. The average Bonchev–Trinajstić information content (AvgIpc) is 2.07. The standard InChI is InChI=1S/C11H14ClFO/c1-11(2,3)9-7(6-14)4-5-8(12)10(9)13/h4-5,14H,6H2,1-3H3. The highest BCUT2D eigenvalue weighted by Gasteiger charge is 2.23. The van der Waals surface area contributed by atoms with Crippen molar-refractivity contribution in [1.29, 1.82) is 0 Å². The fourth-order valence-corrected chi connectivity index (χ4v) is 1.69. The first-order chi connectivity index (χ1) is 6.38. The van der Waals surface area contributed by atoms with Crippen LogP contribution in [0.5, 0.6) is 0 Å². The van der Waals surface area contributed by atoms with Gasteiger partial charge in [0.15, 0.2) is 0 Å². The van der Waals surface area contributed by atoms with Crippen LogP contribution in [0.3, 0.4) is 0 Å². The van der Waals surface area contributed by atoms with Gasteiger partial charge >= 0.3 is 0 Å². The minimum absolute atomic E-state index is 0.104. The molecule has 14 heavy (non-hydrogen) atoms. The predicted molar refractivity (Wildman–Crippen MR) is 56.0 cm³/mol. The topological polar surface area (TPSA) is 20.2 Å². The van der Waals surface area contributed by atoms with Crippen LogP contribution in [0.1, 0.15) is 31.9 Å². The Morgan fingerprint density at radius 1 is 1.36 bits per heavy atom. The summed E-state index contributed by atoms with van der Waals surface area (Å²) in [4.78, 5) is 0. The van der Waals surface area contributed by atoms with Gasteiger partial charge in [-0.15, -0.1) is 0 Å². The number of aliphatic hydroxyl groups is 1. The van der Waals surface area contributed by atoms with Crippen LogP contribution in [0.15, 0.2) is 12.1 Å². The smallest absolute Gasteiger partial charge is 0.145 e. The molecule has 1 N–H and O–H groups in total. The highest BCUT2D eigenvalue weighted by atomic mass is 35.5. The van der Waals surface area contributed by atoms with E-state index >= 15 is 0 Å². The molecule has 0 aliphatic heterocycles. The van der Waals surface area contributed by atoms with Crippen LogP contribution in [-0.4, -0.2) is 5.11 Å². The minimum Gasteiger partial charge on any atom is -0.392 e. The highest BCUT2D eigenvalue weighted by Crippen LogP contribution is 2.32. The molecule has 0 aliphatic rings. The van der Waals surface area contributed by atoms with E-state index < -0.39 is 5.82 Å². The molecule has 1 rings (SSSR count). The molecule has 0 saturated carbocycles. The maximum absolute atomic E-state index is 13.7. The lowest BCUT2D eigenvalue weighted by molar-refractivity contribution is 0.277. The third kappa shape index (κ3) is 2.07. The summed E-state index contributed by atoms with van der Waals surface area (Å²) < 4.78 is 13.7. The summed E-state index contributed by atoms with van der Waals surface area (Å²) in [6, 6.07) is 3.13. The fourth-order valence-electron chi connectivity index (χ4n) is 1.53. The van der Waals surface area contributed by atoms with Gasteiger partial charge < -0.3 is 5.11 Å². The molecular weight excluding hydrogens is 203 g/mol. The summed E-state index contributed by atoms with van der Waals surface area (Å²) in [7, 11) is 0. The SMILES string of the molecule is CC(C)(C)c1c(CO)ccc(Cl)c1F. The molecule has 0 heterocycles. The van der Waals surface area contributed by atoms with Crippen molar-refractivity contribution in [2.24, 2.45) is 0 Å². The van der Waals surface area contributed by atoms with E-state index in [-0.39, 0.29) is 17.0 Å². The maximum atomic E-state index is 13.7. The Hall–Kier alpha value is -0.600. The van der Waals surface area contributed by atoms with Gasteiger partial charge in [-0.25, -0.2) is 4.39 Å². The molecule has 78 valence electrons. The molecule has 1 nitrogen and oxygen atoms in total. The van der Waals surface area contributed by atoms with Crippen LogP contribution in [0, 0.1) is 5.82 Å². The third-order valence-electron chi connectivity index (χ3n) is 2.10. The molecule has 0 bridgehead atoms. The molecule has 0 spiro atoms. The second-order valence-electron chi connectivity index (χ2n) is 4.30. The summed E-state index contributed by atoms with van der Waals surface area (Å²) in [5, 5.41) is 9.19. The Labute approximate surface area is 88.5 Å². The van der Waals surface area contributed by atoms with Gasteiger partial charge in [-0.2, -0.15) is 0 Å². The molecule has 0 atom stereocenters. The Morgan fingerprint density at radius 3 is 2.36 bits per heavy atom. The lowest BCUT2D eigenvalue weighted by Gasteiger charge is -2.23. The molecule has 0 saturated heterocycles. The van der Waals surface area contributed by atoms with Crippen molar-refractivity contribution >= 4 is 11.6 Å². The Balaban J connectivity index is 3.44. The summed E-state index contributed by atoms with van der Waals surface area (Å²) >= 11 is 5.69. The van der Waals surface area contributed by atoms with Gasteiger partial charge in [-0.3, -0.25) is 0 Å². The summed E-state index contributed by atoms with van der Waals surface area (Å²) in [6.45, 7) is 5.50. The molecule has 1 aromatic carbocycles. The van der Waals surface area contributed by atoms with E-state index in [4.69, 9.17) is 16.7 Å². The zero-order chi connectivity index (χ0) is 10.9. The van der Waals surface area contributed by atoms with E-state index in [1.54, 1.807) is 6.07 Å². The number of benzene rings is 1. The first kappa shape index (κ1) is 11.5. The monoisotopic (exact) mass is 216 g/mol. The van der Waals surface area contributed by atoms with E-state index in [9.17, 15) is 4.39 Å². The molecule has 0 aromatic heterocycles. The Morgan fingerprint density at radius 2 is 1.93 bits per heavy atom. The first-order valence-corrected chi connectivity index (χ1v) is 4.84. The normalized spacial score (nSPS) is 11.9. The van der Waals surface area contributed by atoms with Crippen LogP contribution in [0.4, 0.5) is 4.39 Å². The van der Waals surface area contributed by atoms with E-state index in [1.807, 2.05) is 20.8 Å². The fraction of sp³-hybridized carbons (Fsp3) is 0.455. The van der Waals surface area contributed by atoms with Gasteiger partial charge in [-0.05, 0) is 17.0 Å². The molecular formula is C11H14ClFO. The predicted octanol–water partition coefficient (Wildman–Crippen LogP) is 3.27. The lowest BCUT2D eigenvalue weighted by atomic mass is 9.83. The van der Waals surface area contributed by atoms with E-state index in [2.05, 4.69) is 0 Å². The Kier molecular flexibility index (Phi) is 3.17. The Bertz CT molecular complexity index is 342. The molecule has 0 radical (unpaired) electrons. The molecule has 3 heteroatoms. The van der Waals surface area contributed by atoms with Crippen LogP contribution >= 0.6 is 11.6 Å². The van der Waals surface area contributed by atoms with Crippen LogP contribution in [0.2, 0.25) is 5.02 Å². The van der Waals surface area contributed by atoms with Gasteiger partial charge in [0.05, 0.1) is 11.6 Å². The number of halogens is 2. The largest absolute Gasteiger partial charge is 0.392 e. The zero-order valence-electron chi connectivity index (χ0n) is 8.56. The molecule has 1 aromatic rings. The van der Waals surface area contributed by atoms with E-state index in [1.165, 1.54) is 6.07 Å². The van der Waals surface area contributed by atoms with E-state index in [0.717, 1.165) is 0 Å². The van der Waals surface area contributed by atoms with Gasteiger partial charge in [0.1, 0.15) is 5.82 Å². The highest BCUT2D eigenvalue weighted by molar-refractivity contribution is 6.30. The van der Waals surface area contributed by atoms with Gasteiger partial charge in [0.2, 0.25) is 0 Å². The number of rotatable bonds is 1. The third-order valence-corrected chi connectivity index (χ3v) is 2.39. The second kappa shape index (κ2) is 3.87. The van der Waals surface area contributed by atoms with Crippen LogP contribution < -0.4 is 0 Å². The molecule has 0 aliphatic carbocycles. The van der Waals surface area contributed by atoms with Gasteiger partial charge in [0, 0.05) is 5.56 Å².